The summed E-state index contributed by atoms with van der Waals surface area (Å²) in [6, 6.07) is 64.0. The fourth-order valence-corrected chi connectivity index (χ4v) is 6.92. The summed E-state index contributed by atoms with van der Waals surface area (Å²) in [6.07, 6.45) is 1.12. The summed E-state index contributed by atoms with van der Waals surface area (Å²) in [5.41, 5.74) is 8.19. The van der Waals surface area contributed by atoms with Crippen molar-refractivity contribution in [1.29, 1.82) is 0 Å². The number of hydrogen-bond acceptors (Lipinski definition) is 2. The fourth-order valence-electron chi connectivity index (χ4n) is 6.92. The lowest BCUT2D eigenvalue weighted by Gasteiger charge is -2.30. The summed E-state index contributed by atoms with van der Waals surface area (Å²) in [4.78, 5) is 4.78. The zero-order chi connectivity index (χ0) is 32.5. The van der Waals surface area contributed by atoms with Gasteiger partial charge in [-0.2, -0.15) is 0 Å². The molecule has 48 heavy (non-hydrogen) atoms. The highest BCUT2D eigenvalue weighted by Crippen LogP contribution is 2.45. The van der Waals surface area contributed by atoms with Crippen LogP contribution in [0.1, 0.15) is 31.7 Å². The number of benzene rings is 8. The molecule has 0 aromatic heterocycles. The van der Waals surface area contributed by atoms with Crippen LogP contribution in [0, 0.1) is 0 Å². The van der Waals surface area contributed by atoms with E-state index >= 15 is 0 Å². The van der Waals surface area contributed by atoms with Crippen LogP contribution in [0.3, 0.4) is 0 Å². The number of para-hydroxylation sites is 1. The van der Waals surface area contributed by atoms with Gasteiger partial charge in [0.15, 0.2) is 0 Å². The third-order valence-electron chi connectivity index (χ3n) is 9.67. The SMILES string of the molecule is CCC(C)c1ccc(N(c2ccc(N(c3ccccc3)c3c4ccccc4cc4ccccc34)cc2)c2ccc3ccccc3c2)cc1. The van der Waals surface area contributed by atoms with E-state index in [0.717, 1.165) is 34.9 Å². The maximum Gasteiger partial charge on any atom is 0.0618 e. The third-order valence-corrected chi connectivity index (χ3v) is 9.67. The van der Waals surface area contributed by atoms with Gasteiger partial charge in [-0.15, -0.1) is 0 Å². The molecule has 1 atom stereocenters. The minimum Gasteiger partial charge on any atom is -0.310 e. The average molecular weight is 619 g/mol. The van der Waals surface area contributed by atoms with Crippen molar-refractivity contribution in [3.63, 3.8) is 0 Å². The van der Waals surface area contributed by atoms with Crippen LogP contribution in [0.2, 0.25) is 0 Å². The Morgan fingerprint density at radius 1 is 0.396 bits per heavy atom. The topological polar surface area (TPSA) is 6.48 Å². The van der Waals surface area contributed by atoms with Crippen LogP contribution in [0.4, 0.5) is 34.1 Å². The summed E-state index contributed by atoms with van der Waals surface area (Å²) in [7, 11) is 0. The predicted molar refractivity (Wildman–Crippen MR) is 207 cm³/mol. The minimum absolute atomic E-state index is 0.529. The van der Waals surface area contributed by atoms with Gasteiger partial charge < -0.3 is 9.80 Å². The Morgan fingerprint density at radius 2 is 0.854 bits per heavy atom. The Morgan fingerprint density at radius 3 is 1.46 bits per heavy atom. The lowest BCUT2D eigenvalue weighted by atomic mass is 9.98. The molecule has 8 aromatic carbocycles. The Balaban J connectivity index is 1.29. The number of anilines is 6. The van der Waals surface area contributed by atoms with Crippen LogP contribution in [-0.4, -0.2) is 0 Å². The summed E-state index contributed by atoms with van der Waals surface area (Å²) < 4.78 is 0. The molecule has 0 aliphatic carbocycles. The molecule has 0 radical (unpaired) electrons. The van der Waals surface area contributed by atoms with Gasteiger partial charge in [-0.3, -0.25) is 0 Å². The van der Waals surface area contributed by atoms with Crippen LogP contribution < -0.4 is 9.80 Å². The number of nitrogens with zero attached hydrogens (tertiary/aromatic N) is 2. The van der Waals surface area contributed by atoms with Crippen LogP contribution in [0.5, 0.6) is 0 Å². The van der Waals surface area contributed by atoms with Crippen molar-refractivity contribution in [3.05, 3.63) is 181 Å². The van der Waals surface area contributed by atoms with Gasteiger partial charge in [-0.1, -0.05) is 123 Å². The van der Waals surface area contributed by atoms with Crippen LogP contribution in [0.25, 0.3) is 32.3 Å². The highest BCUT2D eigenvalue weighted by atomic mass is 15.2. The largest absolute Gasteiger partial charge is 0.310 e. The van der Waals surface area contributed by atoms with E-state index in [-0.39, 0.29) is 0 Å². The summed E-state index contributed by atoms with van der Waals surface area (Å²) >= 11 is 0. The summed E-state index contributed by atoms with van der Waals surface area (Å²) in [6.45, 7) is 4.55. The zero-order valence-corrected chi connectivity index (χ0v) is 27.4. The maximum atomic E-state index is 2.41. The first-order valence-corrected chi connectivity index (χ1v) is 16.9. The molecule has 0 saturated heterocycles. The van der Waals surface area contributed by atoms with Gasteiger partial charge in [0.05, 0.1) is 5.69 Å². The first kappa shape index (κ1) is 29.5. The highest BCUT2D eigenvalue weighted by Gasteiger charge is 2.20. The molecule has 2 heteroatoms. The van der Waals surface area contributed by atoms with E-state index in [0.29, 0.717) is 5.92 Å². The summed E-state index contributed by atoms with van der Waals surface area (Å²) in [5.74, 6) is 0.529. The number of fused-ring (bicyclic) bond motifs is 3. The first-order valence-electron chi connectivity index (χ1n) is 16.9. The zero-order valence-electron chi connectivity index (χ0n) is 27.4. The predicted octanol–water partition coefficient (Wildman–Crippen LogP) is 13.6. The molecular formula is C46H38N2. The molecule has 0 aliphatic heterocycles. The quantitative estimate of drug-likeness (QED) is 0.156. The first-order chi connectivity index (χ1) is 23.7. The molecule has 8 rings (SSSR count). The van der Waals surface area contributed by atoms with Crippen molar-refractivity contribution < 1.29 is 0 Å². The molecule has 0 saturated carbocycles. The Labute approximate surface area is 283 Å². The molecule has 1 unspecified atom stereocenters. The molecule has 0 heterocycles. The van der Waals surface area contributed by atoms with Crippen molar-refractivity contribution >= 4 is 66.4 Å². The third kappa shape index (κ3) is 5.46. The van der Waals surface area contributed by atoms with Crippen molar-refractivity contribution in [1.82, 2.24) is 0 Å². The molecule has 232 valence electrons. The van der Waals surface area contributed by atoms with Gasteiger partial charge in [0, 0.05) is 39.2 Å². The molecule has 0 aliphatic rings. The smallest absolute Gasteiger partial charge is 0.0618 e. The number of hydrogen-bond donors (Lipinski definition) is 0. The fraction of sp³-hybridized carbons (Fsp3) is 0.0870. The monoisotopic (exact) mass is 618 g/mol. The summed E-state index contributed by atoms with van der Waals surface area (Å²) in [5, 5.41) is 7.38. The van der Waals surface area contributed by atoms with Crippen molar-refractivity contribution in [2.45, 2.75) is 26.2 Å². The van der Waals surface area contributed by atoms with Gasteiger partial charge in [0.1, 0.15) is 0 Å². The molecule has 0 N–H and O–H groups in total. The van der Waals surface area contributed by atoms with E-state index in [9.17, 15) is 0 Å². The van der Waals surface area contributed by atoms with Crippen LogP contribution in [-0.2, 0) is 0 Å². The van der Waals surface area contributed by atoms with Crippen molar-refractivity contribution in [3.8, 4) is 0 Å². The standard InChI is InChI=1S/C46H38N2/c1-3-33(2)34-21-24-40(25-22-34)47(43-26-23-35-13-7-8-14-36(35)32-43)41-27-29-42(30-28-41)48(39-17-5-4-6-18-39)46-44-19-11-9-15-37(44)31-38-16-10-12-20-45(38)46/h4-33H,3H2,1-2H3. The van der Waals surface area contributed by atoms with Gasteiger partial charge in [0.2, 0.25) is 0 Å². The lowest BCUT2D eigenvalue weighted by Crippen LogP contribution is -2.13. The Kier molecular flexibility index (Phi) is 7.84. The van der Waals surface area contributed by atoms with Gasteiger partial charge >= 0.3 is 0 Å². The molecule has 2 nitrogen and oxygen atoms in total. The van der Waals surface area contributed by atoms with Gasteiger partial charge in [0.25, 0.3) is 0 Å². The average Bonchev–Trinajstić information content (AvgIpc) is 3.15. The molecule has 0 spiro atoms. The molecule has 0 bridgehead atoms. The van der Waals surface area contributed by atoms with Crippen LogP contribution in [0.15, 0.2) is 176 Å². The molecule has 0 amide bonds. The molecule has 0 fully saturated rings. The van der Waals surface area contributed by atoms with E-state index in [1.165, 1.54) is 43.6 Å². The van der Waals surface area contributed by atoms with Gasteiger partial charge in [-0.05, 0) is 106 Å². The van der Waals surface area contributed by atoms with Crippen molar-refractivity contribution in [2.24, 2.45) is 0 Å². The minimum atomic E-state index is 0.529. The van der Waals surface area contributed by atoms with E-state index < -0.39 is 0 Å². The van der Waals surface area contributed by atoms with E-state index in [1.54, 1.807) is 0 Å². The lowest BCUT2D eigenvalue weighted by molar-refractivity contribution is 0.733. The van der Waals surface area contributed by atoms with E-state index in [2.05, 4.69) is 200 Å². The van der Waals surface area contributed by atoms with E-state index in [1.807, 2.05) is 0 Å². The normalized spacial score (nSPS) is 12.0. The van der Waals surface area contributed by atoms with Crippen molar-refractivity contribution in [2.75, 3.05) is 9.80 Å². The Hall–Kier alpha value is -5.86. The second-order valence-electron chi connectivity index (χ2n) is 12.6. The second kappa shape index (κ2) is 12.7. The molecule has 8 aromatic rings. The van der Waals surface area contributed by atoms with Gasteiger partial charge in [-0.25, -0.2) is 0 Å². The van der Waals surface area contributed by atoms with Crippen LogP contribution >= 0.6 is 0 Å². The van der Waals surface area contributed by atoms with E-state index in [4.69, 9.17) is 0 Å². The maximum absolute atomic E-state index is 2.41. The Bertz CT molecular complexity index is 2290. The second-order valence-corrected chi connectivity index (χ2v) is 12.6. The number of rotatable bonds is 8. The highest BCUT2D eigenvalue weighted by molar-refractivity contribution is 6.14. The molecular weight excluding hydrogens is 581 g/mol.